The number of aromatic hydroxyl groups is 1. The van der Waals surface area contributed by atoms with Crippen LogP contribution in [0.4, 0.5) is 0 Å². The Hall–Kier alpha value is -2.13. The fraction of sp³-hybridized carbons (Fsp3) is 0.556. The Morgan fingerprint density at radius 3 is 2.64 bits per heavy atom. The summed E-state index contributed by atoms with van der Waals surface area (Å²) in [6.07, 6.45) is 5.93. The van der Waals surface area contributed by atoms with Gasteiger partial charge in [0.2, 0.25) is 11.8 Å². The van der Waals surface area contributed by atoms with E-state index in [9.17, 15) is 24.8 Å². The third-order valence-electron chi connectivity index (χ3n) is 7.68. The van der Waals surface area contributed by atoms with E-state index in [4.69, 9.17) is 16.3 Å². The molecule has 7 nitrogen and oxygen atoms in total. The molecule has 2 aliphatic heterocycles. The molecule has 0 radical (unpaired) electrons. The molecule has 36 heavy (non-hydrogen) atoms. The monoisotopic (exact) mass is 515 g/mol. The number of aliphatic hydroxyl groups excluding tert-OH is 1. The zero-order valence-electron chi connectivity index (χ0n) is 21.0. The molecule has 2 heterocycles. The quantitative estimate of drug-likeness (QED) is 0.258. The van der Waals surface area contributed by atoms with Crippen LogP contribution in [-0.2, 0) is 14.2 Å². The Morgan fingerprint density at radius 2 is 1.97 bits per heavy atom. The highest BCUT2D eigenvalue weighted by molar-refractivity contribution is 6.43. The minimum atomic E-state index is -1.03. The molecule has 1 aromatic carbocycles. The molecule has 2 amide bonds. The van der Waals surface area contributed by atoms with E-state index in [2.05, 4.69) is 6.92 Å². The molecule has 1 aromatic rings. The Morgan fingerprint density at radius 1 is 1.19 bits per heavy atom. The van der Waals surface area contributed by atoms with Crippen molar-refractivity contribution in [3.05, 3.63) is 45.5 Å². The highest BCUT2D eigenvalue weighted by Gasteiger charge is 2.56. The van der Waals surface area contributed by atoms with Crippen LogP contribution in [0, 0.1) is 17.8 Å². The molecule has 0 saturated carbocycles. The van der Waals surface area contributed by atoms with Crippen molar-refractivity contribution in [1.29, 1.82) is 0 Å². The zero-order valence-corrected chi connectivity index (χ0v) is 21.7. The third kappa shape index (κ3) is 5.28. The Kier molecular flexibility index (Phi) is 8.61. The van der Waals surface area contributed by atoms with Crippen LogP contribution in [0.25, 0.3) is 6.08 Å². The number of amides is 2. The summed E-state index contributed by atoms with van der Waals surface area (Å²) in [5.41, 5.74) is 3.64. The molecule has 194 valence electrons. The number of likely N-dealkylation sites (tertiary alicyclic amines) is 1. The fourth-order valence-corrected chi connectivity index (χ4v) is 6.41. The van der Waals surface area contributed by atoms with Crippen molar-refractivity contribution < 1.29 is 29.5 Å². The molecule has 0 bridgehead atoms. The van der Waals surface area contributed by atoms with Gasteiger partial charge in [-0.25, -0.2) is 0 Å². The Bertz CT molecular complexity index is 1070. The number of allylic oxidation sites excluding steroid dienone is 1. The number of halogens is 1. The van der Waals surface area contributed by atoms with E-state index in [1.807, 2.05) is 13.0 Å². The molecule has 2 fully saturated rings. The number of hydrogen-bond donors (Lipinski definition) is 3. The van der Waals surface area contributed by atoms with Gasteiger partial charge in [0.15, 0.2) is 0 Å². The van der Waals surface area contributed by atoms with Crippen LogP contribution in [0.3, 0.4) is 0 Å². The lowest BCUT2D eigenvalue weighted by atomic mass is 9.58. The van der Waals surface area contributed by atoms with Crippen molar-refractivity contribution in [3.8, 4) is 5.75 Å². The number of carbonyl (C=O) groups is 2. The molecular formula is C27H35BClNO6. The molecule has 0 unspecified atom stereocenters. The lowest BCUT2D eigenvalue weighted by molar-refractivity contribution is -0.140. The maximum atomic E-state index is 13.3. The number of nitrogens with zero attached hydrogens (tertiary/aromatic N) is 1. The predicted octanol–water partition coefficient (Wildman–Crippen LogP) is 4.21. The number of carbonyl (C=O) groups excluding carboxylic acids is 2. The molecule has 1 aliphatic carbocycles. The van der Waals surface area contributed by atoms with Crippen molar-refractivity contribution in [2.24, 2.45) is 17.8 Å². The van der Waals surface area contributed by atoms with Gasteiger partial charge in [0.25, 0.3) is 0 Å². The van der Waals surface area contributed by atoms with Gasteiger partial charge in [-0.05, 0) is 79.3 Å². The van der Waals surface area contributed by atoms with Crippen LogP contribution in [-0.4, -0.2) is 58.3 Å². The number of fused-ring (bicyclic) bond motifs is 3. The number of rotatable bonds is 9. The summed E-state index contributed by atoms with van der Waals surface area (Å²) in [4.78, 5) is 27.7. The summed E-state index contributed by atoms with van der Waals surface area (Å²) in [6.45, 7) is 4.24. The first-order valence-corrected chi connectivity index (χ1v) is 13.4. The average molecular weight is 516 g/mol. The van der Waals surface area contributed by atoms with E-state index in [1.54, 1.807) is 12.1 Å². The summed E-state index contributed by atoms with van der Waals surface area (Å²) in [5, 5.41) is 31.0. The highest BCUT2D eigenvalue weighted by atomic mass is 35.5. The number of imide groups is 1. The van der Waals surface area contributed by atoms with Crippen molar-refractivity contribution in [3.63, 3.8) is 0 Å². The first-order chi connectivity index (χ1) is 17.3. The second kappa shape index (κ2) is 11.5. The van der Waals surface area contributed by atoms with Crippen molar-refractivity contribution in [2.75, 3.05) is 13.2 Å². The van der Waals surface area contributed by atoms with E-state index in [0.29, 0.717) is 37.3 Å². The molecule has 2 saturated heterocycles. The lowest BCUT2D eigenvalue weighted by Crippen LogP contribution is -2.46. The molecule has 9 heteroatoms. The van der Waals surface area contributed by atoms with Crippen LogP contribution in [0.15, 0.2) is 34.9 Å². The first kappa shape index (κ1) is 26.9. The van der Waals surface area contributed by atoms with E-state index in [-0.39, 0.29) is 36.4 Å². The fourth-order valence-electron chi connectivity index (χ4n) is 6.18. The van der Waals surface area contributed by atoms with E-state index < -0.39 is 25.1 Å². The minimum absolute atomic E-state index is 0.112. The summed E-state index contributed by atoms with van der Waals surface area (Å²) in [7, 11) is -1.03. The summed E-state index contributed by atoms with van der Waals surface area (Å²) < 4.78 is 5.98. The van der Waals surface area contributed by atoms with Crippen LogP contribution in [0.1, 0.15) is 57.9 Å². The topological polar surface area (TPSA) is 107 Å². The molecule has 3 N–H and O–H groups in total. The van der Waals surface area contributed by atoms with E-state index in [0.717, 1.165) is 35.1 Å². The maximum absolute atomic E-state index is 13.3. The van der Waals surface area contributed by atoms with Gasteiger partial charge in [-0.1, -0.05) is 43.5 Å². The molecular weight excluding hydrogens is 481 g/mol. The van der Waals surface area contributed by atoms with Crippen LogP contribution in [0.2, 0.25) is 11.3 Å². The SMILES string of the molecule is CCC/C(=C\c1ccc(O)cc1Cl)CC[C@H]1OB(O)C[C@H]2C1=C(CO)C[C@H]1C(=O)N(CCC)C(=O)[C@H]12. The standard InChI is InChI=1S/C27H35BClNO6/c1-3-5-16(11-17-7-8-19(32)13-22(17)29)6-9-23-24-18(15-31)12-20-25(21(24)14-28(35)36-23)27(34)30(10-4-2)26(20)33/h7-8,11,13,20-21,23,25,31-32,35H,3-6,9-10,12,14-15H2,1-2H3/b16-11+/t20-,21+,23-,25-/m1/s1. The zero-order chi connectivity index (χ0) is 26.0. The molecule has 3 aliphatic rings. The predicted molar refractivity (Wildman–Crippen MR) is 139 cm³/mol. The number of benzene rings is 1. The van der Waals surface area contributed by atoms with E-state index >= 15 is 0 Å². The largest absolute Gasteiger partial charge is 0.508 e. The van der Waals surface area contributed by atoms with Gasteiger partial charge in [-0.15, -0.1) is 0 Å². The Balaban J connectivity index is 1.60. The normalized spacial score (nSPS) is 26.5. The van der Waals surface area contributed by atoms with E-state index in [1.165, 1.54) is 11.0 Å². The smallest absolute Gasteiger partial charge is 0.455 e. The maximum Gasteiger partial charge on any atom is 0.455 e. The van der Waals surface area contributed by atoms with Crippen molar-refractivity contribution in [1.82, 2.24) is 4.90 Å². The lowest BCUT2D eigenvalue weighted by Gasteiger charge is -2.43. The second-order valence-electron chi connectivity index (χ2n) is 10.1. The van der Waals surface area contributed by atoms with Gasteiger partial charge in [-0.3, -0.25) is 14.5 Å². The van der Waals surface area contributed by atoms with Crippen molar-refractivity contribution in [2.45, 2.75) is 64.8 Å². The minimum Gasteiger partial charge on any atom is -0.508 e. The summed E-state index contributed by atoms with van der Waals surface area (Å²) in [6, 6.07) is 4.90. The van der Waals surface area contributed by atoms with Crippen LogP contribution >= 0.6 is 11.6 Å². The van der Waals surface area contributed by atoms with Gasteiger partial charge >= 0.3 is 7.12 Å². The van der Waals surface area contributed by atoms with Crippen LogP contribution in [0.5, 0.6) is 5.75 Å². The van der Waals surface area contributed by atoms with Gasteiger partial charge in [0.1, 0.15) is 5.75 Å². The molecule has 0 aromatic heterocycles. The number of hydrogen-bond acceptors (Lipinski definition) is 6. The highest BCUT2D eigenvalue weighted by Crippen LogP contribution is 2.50. The van der Waals surface area contributed by atoms with Gasteiger partial charge < -0.3 is 19.9 Å². The molecule has 0 spiro atoms. The Labute approximate surface area is 217 Å². The van der Waals surface area contributed by atoms with Crippen LogP contribution < -0.4 is 0 Å². The number of aliphatic hydroxyl groups is 1. The van der Waals surface area contributed by atoms with Crippen molar-refractivity contribution >= 4 is 36.6 Å². The number of phenolic OH excluding ortho intramolecular Hbond substituents is 1. The number of phenols is 1. The summed E-state index contributed by atoms with van der Waals surface area (Å²) >= 11 is 6.32. The van der Waals surface area contributed by atoms with Gasteiger partial charge in [0.05, 0.1) is 29.6 Å². The molecule has 4 atom stereocenters. The van der Waals surface area contributed by atoms with Gasteiger partial charge in [0, 0.05) is 6.54 Å². The summed E-state index contributed by atoms with van der Waals surface area (Å²) in [5.74, 6) is -1.50. The van der Waals surface area contributed by atoms with Gasteiger partial charge in [-0.2, -0.15) is 0 Å². The first-order valence-electron chi connectivity index (χ1n) is 13.0. The average Bonchev–Trinajstić information content (AvgIpc) is 3.08. The second-order valence-corrected chi connectivity index (χ2v) is 10.5. The third-order valence-corrected chi connectivity index (χ3v) is 8.01. The molecule has 4 rings (SSSR count).